The van der Waals surface area contributed by atoms with Gasteiger partial charge in [-0.3, -0.25) is 0 Å². The Morgan fingerprint density at radius 1 is 1.50 bits per heavy atom. The third-order valence-electron chi connectivity index (χ3n) is 1.72. The van der Waals surface area contributed by atoms with Crippen LogP contribution < -0.4 is 11.5 Å². The van der Waals surface area contributed by atoms with Crippen molar-refractivity contribution in [1.82, 2.24) is 0 Å². The molecule has 0 heterocycles. The molecule has 0 rings (SSSR count). The summed E-state index contributed by atoms with van der Waals surface area (Å²) in [4.78, 5) is 0. The predicted molar refractivity (Wildman–Crippen MR) is 45.4 cm³/mol. The summed E-state index contributed by atoms with van der Waals surface area (Å²) in [6, 6.07) is 0. The Labute approximate surface area is 63.3 Å². The van der Waals surface area contributed by atoms with E-state index in [9.17, 15) is 0 Å². The lowest BCUT2D eigenvalue weighted by Gasteiger charge is -2.08. The fourth-order valence-electron chi connectivity index (χ4n) is 0.780. The molecule has 0 saturated heterocycles. The molecule has 0 radical (unpaired) electrons. The normalized spacial score (nSPS) is 13.0. The molecule has 60 valence electrons. The van der Waals surface area contributed by atoms with E-state index in [4.69, 9.17) is 11.5 Å². The second-order valence-electron chi connectivity index (χ2n) is 2.76. The maximum Gasteiger partial charge on any atom is 0.00362 e. The molecular formula is C8H18N2. The summed E-state index contributed by atoms with van der Waals surface area (Å²) in [6.45, 7) is 6.56. The van der Waals surface area contributed by atoms with E-state index >= 15 is 0 Å². The third kappa shape index (κ3) is 4.39. The van der Waals surface area contributed by atoms with E-state index in [2.05, 4.69) is 13.5 Å². The summed E-state index contributed by atoms with van der Waals surface area (Å²) < 4.78 is 0. The van der Waals surface area contributed by atoms with Gasteiger partial charge in [0.05, 0.1) is 0 Å². The second-order valence-corrected chi connectivity index (χ2v) is 2.76. The highest BCUT2D eigenvalue weighted by Crippen LogP contribution is 2.10. The Morgan fingerprint density at radius 2 is 2.10 bits per heavy atom. The Kier molecular flexibility index (Phi) is 5.03. The zero-order valence-corrected chi connectivity index (χ0v) is 6.77. The number of unbranched alkanes of at least 4 members (excludes halogenated alkanes) is 1. The average molecular weight is 142 g/mol. The highest BCUT2D eigenvalue weighted by Gasteiger charge is 2.00. The molecule has 0 bridgehead atoms. The molecule has 0 spiro atoms. The van der Waals surface area contributed by atoms with Gasteiger partial charge in [0.15, 0.2) is 0 Å². The second kappa shape index (κ2) is 5.30. The van der Waals surface area contributed by atoms with Gasteiger partial charge in [-0.1, -0.05) is 19.9 Å². The molecule has 0 aromatic rings. The predicted octanol–water partition coefficient (Wildman–Crippen LogP) is 1.22. The lowest BCUT2D eigenvalue weighted by molar-refractivity contribution is 0.559. The lowest BCUT2D eigenvalue weighted by Crippen LogP contribution is -2.07. The minimum atomic E-state index is 0.451. The monoisotopic (exact) mass is 142 g/mol. The summed E-state index contributed by atoms with van der Waals surface area (Å²) in [5.74, 6) is 0.451. The van der Waals surface area contributed by atoms with Crippen molar-refractivity contribution in [2.45, 2.75) is 26.2 Å². The van der Waals surface area contributed by atoms with Gasteiger partial charge >= 0.3 is 0 Å². The van der Waals surface area contributed by atoms with E-state index in [0.717, 1.165) is 31.5 Å². The fourth-order valence-corrected chi connectivity index (χ4v) is 0.780. The highest BCUT2D eigenvalue weighted by molar-refractivity contribution is 4.91. The molecule has 0 aliphatic rings. The number of nitrogens with two attached hydrogens (primary N) is 2. The summed E-state index contributed by atoms with van der Waals surface area (Å²) in [5.41, 5.74) is 11.6. The first-order valence-electron chi connectivity index (χ1n) is 3.82. The Hall–Kier alpha value is -0.500. The van der Waals surface area contributed by atoms with E-state index in [1.807, 2.05) is 0 Å². The van der Waals surface area contributed by atoms with Crippen LogP contribution in [0.15, 0.2) is 12.3 Å². The van der Waals surface area contributed by atoms with Gasteiger partial charge in [0.1, 0.15) is 0 Å². The van der Waals surface area contributed by atoms with Crippen molar-refractivity contribution >= 4 is 0 Å². The van der Waals surface area contributed by atoms with E-state index in [1.165, 1.54) is 0 Å². The Balaban J connectivity index is 3.21. The summed E-state index contributed by atoms with van der Waals surface area (Å²) in [5, 5.41) is 0. The van der Waals surface area contributed by atoms with Crippen molar-refractivity contribution in [3.05, 3.63) is 12.3 Å². The fraction of sp³-hybridized carbons (Fsp3) is 0.750. The molecule has 0 fully saturated rings. The molecule has 0 aromatic carbocycles. The van der Waals surface area contributed by atoms with Crippen molar-refractivity contribution in [3.63, 3.8) is 0 Å². The van der Waals surface area contributed by atoms with E-state index in [-0.39, 0.29) is 0 Å². The molecule has 0 aromatic heterocycles. The lowest BCUT2D eigenvalue weighted by atomic mass is 10.0. The van der Waals surface area contributed by atoms with Crippen LogP contribution in [0.25, 0.3) is 0 Å². The zero-order chi connectivity index (χ0) is 7.98. The van der Waals surface area contributed by atoms with Crippen LogP contribution in [0.5, 0.6) is 0 Å². The third-order valence-corrected chi connectivity index (χ3v) is 1.72. The number of allylic oxidation sites excluding steroid dienone is 1. The van der Waals surface area contributed by atoms with Gasteiger partial charge in [-0.05, 0) is 25.3 Å². The van der Waals surface area contributed by atoms with Crippen molar-refractivity contribution in [1.29, 1.82) is 0 Å². The van der Waals surface area contributed by atoms with Crippen molar-refractivity contribution < 1.29 is 0 Å². The molecule has 0 aliphatic heterocycles. The molecule has 1 unspecified atom stereocenters. The molecule has 2 heteroatoms. The topological polar surface area (TPSA) is 52.0 Å². The summed E-state index contributed by atoms with van der Waals surface area (Å²) >= 11 is 0. The first kappa shape index (κ1) is 9.50. The Bertz CT molecular complexity index is 99.4. The zero-order valence-electron chi connectivity index (χ0n) is 6.77. The maximum absolute atomic E-state index is 5.49. The smallest absolute Gasteiger partial charge is 0.00362 e. The van der Waals surface area contributed by atoms with Crippen LogP contribution in [0.2, 0.25) is 0 Å². The molecule has 0 aliphatic carbocycles. The van der Waals surface area contributed by atoms with Crippen LogP contribution >= 0.6 is 0 Å². The van der Waals surface area contributed by atoms with Crippen LogP contribution in [0.1, 0.15) is 26.2 Å². The first-order chi connectivity index (χ1) is 4.68. The van der Waals surface area contributed by atoms with Gasteiger partial charge in [-0.15, -0.1) is 0 Å². The van der Waals surface area contributed by atoms with Gasteiger partial charge in [-0.2, -0.15) is 0 Å². The van der Waals surface area contributed by atoms with Crippen molar-refractivity contribution in [3.8, 4) is 0 Å². The number of hydrogen-bond donors (Lipinski definition) is 2. The number of hydrogen-bond acceptors (Lipinski definition) is 2. The van der Waals surface area contributed by atoms with Crippen LogP contribution in [-0.4, -0.2) is 6.54 Å². The molecule has 4 N–H and O–H groups in total. The van der Waals surface area contributed by atoms with Crippen LogP contribution in [0, 0.1) is 5.92 Å². The molecule has 2 nitrogen and oxygen atoms in total. The maximum atomic E-state index is 5.49. The average Bonchev–Trinajstić information content (AvgIpc) is 1.88. The van der Waals surface area contributed by atoms with Crippen LogP contribution in [0.3, 0.4) is 0 Å². The van der Waals surface area contributed by atoms with Gasteiger partial charge in [0.2, 0.25) is 0 Å². The van der Waals surface area contributed by atoms with E-state index < -0.39 is 0 Å². The molecule has 1 atom stereocenters. The quantitative estimate of drug-likeness (QED) is 0.567. The largest absolute Gasteiger partial charge is 0.402 e. The molecular weight excluding hydrogens is 124 g/mol. The van der Waals surface area contributed by atoms with Gasteiger partial charge in [-0.25, -0.2) is 0 Å². The minimum absolute atomic E-state index is 0.451. The SMILES string of the molecule is C=C(N)C(C)CCCCN. The molecule has 0 amide bonds. The first-order valence-corrected chi connectivity index (χ1v) is 3.82. The Morgan fingerprint density at radius 3 is 2.50 bits per heavy atom. The van der Waals surface area contributed by atoms with Crippen LogP contribution in [0.4, 0.5) is 0 Å². The standard InChI is InChI=1S/C8H18N2/c1-7(8(2)10)5-3-4-6-9/h7H,2-6,9-10H2,1H3. The number of rotatable bonds is 5. The summed E-state index contributed by atoms with van der Waals surface area (Å²) in [7, 11) is 0. The van der Waals surface area contributed by atoms with Crippen molar-refractivity contribution in [2.75, 3.05) is 6.54 Å². The molecule has 0 saturated carbocycles. The van der Waals surface area contributed by atoms with Crippen LogP contribution in [-0.2, 0) is 0 Å². The van der Waals surface area contributed by atoms with Gasteiger partial charge in [0, 0.05) is 5.70 Å². The molecule has 10 heavy (non-hydrogen) atoms. The van der Waals surface area contributed by atoms with Gasteiger partial charge in [0.25, 0.3) is 0 Å². The highest BCUT2D eigenvalue weighted by atomic mass is 14.6. The van der Waals surface area contributed by atoms with Crippen molar-refractivity contribution in [2.24, 2.45) is 17.4 Å². The summed E-state index contributed by atoms with van der Waals surface area (Å²) in [6.07, 6.45) is 3.37. The minimum Gasteiger partial charge on any atom is -0.402 e. The van der Waals surface area contributed by atoms with E-state index in [0.29, 0.717) is 5.92 Å². The van der Waals surface area contributed by atoms with Gasteiger partial charge < -0.3 is 11.5 Å². The van der Waals surface area contributed by atoms with E-state index in [1.54, 1.807) is 0 Å².